The Balaban J connectivity index is 1.72. The molecule has 1 aliphatic carbocycles. The predicted molar refractivity (Wildman–Crippen MR) is 78.1 cm³/mol. The van der Waals surface area contributed by atoms with Gasteiger partial charge in [-0.05, 0) is 43.7 Å². The van der Waals surface area contributed by atoms with E-state index >= 15 is 0 Å². The number of aromatic nitrogens is 1. The normalized spacial score (nSPS) is 25.4. The number of likely N-dealkylation sites (tertiary alicyclic amines) is 1. The lowest BCUT2D eigenvalue weighted by molar-refractivity contribution is -0.138. The van der Waals surface area contributed by atoms with E-state index in [4.69, 9.17) is 5.11 Å². The van der Waals surface area contributed by atoms with Gasteiger partial charge < -0.3 is 14.6 Å². The molecule has 0 spiro atoms. The van der Waals surface area contributed by atoms with E-state index < -0.39 is 5.97 Å². The molecule has 3 rings (SSSR count). The van der Waals surface area contributed by atoms with Gasteiger partial charge >= 0.3 is 5.97 Å². The van der Waals surface area contributed by atoms with E-state index in [1.807, 2.05) is 4.90 Å². The largest absolute Gasteiger partial charge is 0.477 e. The molecule has 1 saturated carbocycles. The van der Waals surface area contributed by atoms with E-state index in [-0.39, 0.29) is 18.1 Å². The number of aromatic carboxylic acids is 1. The van der Waals surface area contributed by atoms with Crippen LogP contribution < -0.4 is 0 Å². The van der Waals surface area contributed by atoms with Crippen LogP contribution in [-0.4, -0.2) is 39.0 Å². The molecule has 1 N–H and O–H groups in total. The van der Waals surface area contributed by atoms with Crippen molar-refractivity contribution in [3.05, 3.63) is 24.0 Å². The van der Waals surface area contributed by atoms with Gasteiger partial charge in [-0.25, -0.2) is 4.79 Å². The Morgan fingerprint density at radius 3 is 2.76 bits per heavy atom. The van der Waals surface area contributed by atoms with Gasteiger partial charge in [-0.3, -0.25) is 4.79 Å². The number of carboxylic acid groups (broad SMARTS) is 1. The second-order valence-electron chi connectivity index (χ2n) is 6.17. The van der Waals surface area contributed by atoms with Gasteiger partial charge in [-0.1, -0.05) is 12.8 Å². The highest BCUT2D eigenvalue weighted by atomic mass is 16.4. The summed E-state index contributed by atoms with van der Waals surface area (Å²) in [6.07, 6.45) is 8.80. The van der Waals surface area contributed by atoms with Gasteiger partial charge in [0.1, 0.15) is 12.2 Å². The van der Waals surface area contributed by atoms with Crippen LogP contribution in [0.3, 0.4) is 0 Å². The van der Waals surface area contributed by atoms with Gasteiger partial charge in [0.15, 0.2) is 0 Å². The second-order valence-corrected chi connectivity index (χ2v) is 6.17. The van der Waals surface area contributed by atoms with Crippen molar-refractivity contribution in [2.75, 3.05) is 6.54 Å². The molecule has 1 aliphatic heterocycles. The zero-order valence-corrected chi connectivity index (χ0v) is 12.2. The fourth-order valence-electron chi connectivity index (χ4n) is 3.92. The van der Waals surface area contributed by atoms with E-state index in [9.17, 15) is 9.59 Å². The van der Waals surface area contributed by atoms with Crippen LogP contribution in [0.1, 0.15) is 49.0 Å². The van der Waals surface area contributed by atoms with Gasteiger partial charge in [-0.15, -0.1) is 0 Å². The third kappa shape index (κ3) is 2.82. The van der Waals surface area contributed by atoms with Crippen molar-refractivity contribution in [3.8, 4) is 0 Å². The first-order chi connectivity index (χ1) is 10.2. The fraction of sp³-hybridized carbons (Fsp3) is 0.625. The smallest absolute Gasteiger partial charge is 0.352 e. The maximum atomic E-state index is 12.6. The van der Waals surface area contributed by atoms with Gasteiger partial charge in [0, 0.05) is 18.8 Å². The number of carboxylic acids is 1. The minimum Gasteiger partial charge on any atom is -0.477 e. The Hall–Kier alpha value is -1.78. The maximum absolute atomic E-state index is 12.6. The number of hydrogen-bond donors (Lipinski definition) is 1. The van der Waals surface area contributed by atoms with Crippen molar-refractivity contribution in [3.63, 3.8) is 0 Å². The Morgan fingerprint density at radius 2 is 1.95 bits per heavy atom. The molecule has 0 radical (unpaired) electrons. The van der Waals surface area contributed by atoms with Gasteiger partial charge in [0.2, 0.25) is 5.91 Å². The summed E-state index contributed by atoms with van der Waals surface area (Å²) < 4.78 is 1.54. The first kappa shape index (κ1) is 14.2. The van der Waals surface area contributed by atoms with Crippen LogP contribution in [0.15, 0.2) is 18.3 Å². The number of hydrogen-bond acceptors (Lipinski definition) is 2. The lowest BCUT2D eigenvalue weighted by atomic mass is 9.78. The number of piperidine rings is 1. The fourth-order valence-corrected chi connectivity index (χ4v) is 3.92. The van der Waals surface area contributed by atoms with Crippen LogP contribution in [0.2, 0.25) is 0 Å². The molecule has 2 atom stereocenters. The summed E-state index contributed by atoms with van der Waals surface area (Å²) in [7, 11) is 0. The number of nitrogens with zero attached hydrogens (tertiary/aromatic N) is 2. The molecule has 0 unspecified atom stereocenters. The molecule has 21 heavy (non-hydrogen) atoms. The molecule has 0 bridgehead atoms. The van der Waals surface area contributed by atoms with Gasteiger partial charge in [-0.2, -0.15) is 0 Å². The standard InChI is InChI=1S/C16H22N2O3/c19-15(11-17-9-4-8-14(17)16(20)21)18-10-3-6-12-5-1-2-7-13(12)18/h4,8-9,12-13H,1-3,5-7,10-11H2,(H,20,21)/t12-,13-/m1/s1. The molecule has 1 amide bonds. The Bertz CT molecular complexity index is 535. The number of fused-ring (bicyclic) bond motifs is 1. The zero-order chi connectivity index (χ0) is 14.8. The molecule has 114 valence electrons. The second kappa shape index (κ2) is 5.92. The van der Waals surface area contributed by atoms with Crippen molar-refractivity contribution >= 4 is 11.9 Å². The molecule has 0 aromatic carbocycles. The molecule has 1 saturated heterocycles. The van der Waals surface area contributed by atoms with Gasteiger partial charge in [0.05, 0.1) is 0 Å². The van der Waals surface area contributed by atoms with E-state index in [0.717, 1.165) is 19.4 Å². The first-order valence-electron chi connectivity index (χ1n) is 7.84. The average Bonchev–Trinajstić information content (AvgIpc) is 2.95. The SMILES string of the molecule is O=C(O)c1cccn1CC(=O)N1CCC[C@H]2CCCC[C@H]21. The highest BCUT2D eigenvalue weighted by Gasteiger charge is 2.35. The Kier molecular flexibility index (Phi) is 3.99. The minimum absolute atomic E-state index is 0.0605. The van der Waals surface area contributed by atoms with E-state index in [1.165, 1.54) is 36.3 Å². The maximum Gasteiger partial charge on any atom is 0.352 e. The molecule has 1 aromatic heterocycles. The molecule has 2 fully saturated rings. The van der Waals surface area contributed by atoms with Crippen LogP contribution in [0.4, 0.5) is 0 Å². The monoisotopic (exact) mass is 290 g/mol. The molecule has 1 aromatic rings. The molecular formula is C16H22N2O3. The van der Waals surface area contributed by atoms with E-state index in [1.54, 1.807) is 12.3 Å². The van der Waals surface area contributed by atoms with Crippen LogP contribution in [0.25, 0.3) is 0 Å². The minimum atomic E-state index is -0.984. The van der Waals surface area contributed by atoms with E-state index in [2.05, 4.69) is 0 Å². The summed E-state index contributed by atoms with van der Waals surface area (Å²) in [6, 6.07) is 3.59. The summed E-state index contributed by atoms with van der Waals surface area (Å²) in [5.74, 6) is -0.271. The molecule has 2 heterocycles. The summed E-state index contributed by atoms with van der Waals surface area (Å²) in [5.41, 5.74) is 0.181. The van der Waals surface area contributed by atoms with Gasteiger partial charge in [0.25, 0.3) is 0 Å². The third-order valence-electron chi connectivity index (χ3n) is 4.92. The van der Waals surface area contributed by atoms with Crippen molar-refractivity contribution in [1.82, 2.24) is 9.47 Å². The lowest BCUT2D eigenvalue weighted by Crippen LogP contribution is -2.50. The van der Waals surface area contributed by atoms with Crippen molar-refractivity contribution in [2.24, 2.45) is 5.92 Å². The number of rotatable bonds is 3. The lowest BCUT2D eigenvalue weighted by Gasteiger charge is -2.44. The average molecular weight is 290 g/mol. The molecule has 2 aliphatic rings. The number of amides is 1. The van der Waals surface area contributed by atoms with Crippen molar-refractivity contribution in [2.45, 2.75) is 51.1 Å². The summed E-state index contributed by atoms with van der Waals surface area (Å²) in [5, 5.41) is 9.12. The Morgan fingerprint density at radius 1 is 1.19 bits per heavy atom. The first-order valence-corrected chi connectivity index (χ1v) is 7.84. The van der Waals surface area contributed by atoms with Crippen molar-refractivity contribution in [1.29, 1.82) is 0 Å². The summed E-state index contributed by atoms with van der Waals surface area (Å²) in [4.78, 5) is 25.7. The molecular weight excluding hydrogens is 268 g/mol. The molecule has 5 heteroatoms. The highest BCUT2D eigenvalue weighted by molar-refractivity contribution is 5.87. The van der Waals surface area contributed by atoms with Crippen LogP contribution in [0.5, 0.6) is 0 Å². The Labute approximate surface area is 124 Å². The van der Waals surface area contributed by atoms with Crippen molar-refractivity contribution < 1.29 is 14.7 Å². The predicted octanol–water partition coefficient (Wildman–Crippen LogP) is 2.37. The van der Waals surface area contributed by atoms with E-state index in [0.29, 0.717) is 12.0 Å². The number of carbonyl (C=O) groups excluding carboxylic acids is 1. The van der Waals surface area contributed by atoms with Crippen LogP contribution in [-0.2, 0) is 11.3 Å². The molecule has 5 nitrogen and oxygen atoms in total. The topological polar surface area (TPSA) is 62.5 Å². The number of carbonyl (C=O) groups is 2. The third-order valence-corrected chi connectivity index (χ3v) is 4.92. The zero-order valence-electron chi connectivity index (χ0n) is 12.2. The summed E-state index contributed by atoms with van der Waals surface area (Å²) >= 11 is 0. The summed E-state index contributed by atoms with van der Waals surface area (Å²) in [6.45, 7) is 0.960. The quantitative estimate of drug-likeness (QED) is 0.929. The van der Waals surface area contributed by atoms with Crippen LogP contribution >= 0.6 is 0 Å². The highest BCUT2D eigenvalue weighted by Crippen LogP contribution is 2.35. The van der Waals surface area contributed by atoms with Crippen LogP contribution in [0, 0.1) is 5.92 Å².